The van der Waals surface area contributed by atoms with Crippen LogP contribution in [0.4, 0.5) is 5.69 Å². The molecule has 0 aliphatic rings. The summed E-state index contributed by atoms with van der Waals surface area (Å²) in [5.41, 5.74) is 0.912. The number of carbonyl (C=O) groups is 2. The minimum absolute atomic E-state index is 0.0747. The van der Waals surface area contributed by atoms with Gasteiger partial charge in [0, 0.05) is 13.1 Å². The summed E-state index contributed by atoms with van der Waals surface area (Å²) in [7, 11) is -2.33. The third-order valence-electron chi connectivity index (χ3n) is 5.21. The highest BCUT2D eigenvalue weighted by Crippen LogP contribution is 2.28. The number of hydrogen-bond acceptors (Lipinski definition) is 5. The molecule has 35 heavy (non-hydrogen) atoms. The van der Waals surface area contributed by atoms with E-state index in [1.54, 1.807) is 31.2 Å². The number of anilines is 1. The number of hydrogen-bond donors (Lipinski definition) is 1. The normalized spacial score (nSPS) is 12.2. The zero-order valence-corrected chi connectivity index (χ0v) is 22.7. The highest BCUT2D eigenvalue weighted by molar-refractivity contribution is 7.92. The Morgan fingerprint density at radius 1 is 1.06 bits per heavy atom. The molecule has 0 spiro atoms. The number of nitrogens with zero attached hydrogens (tertiary/aromatic N) is 2. The molecule has 1 unspecified atom stereocenters. The summed E-state index contributed by atoms with van der Waals surface area (Å²) in [4.78, 5) is 27.7. The van der Waals surface area contributed by atoms with Crippen molar-refractivity contribution in [2.75, 3.05) is 30.8 Å². The third-order valence-corrected chi connectivity index (χ3v) is 7.09. The molecule has 1 N–H and O–H groups in total. The Morgan fingerprint density at radius 2 is 1.74 bits per heavy atom. The molecule has 2 aromatic carbocycles. The van der Waals surface area contributed by atoms with E-state index in [-0.39, 0.29) is 34.1 Å². The van der Waals surface area contributed by atoms with Crippen molar-refractivity contribution in [3.05, 3.63) is 58.1 Å². The number of sulfonamides is 1. The fourth-order valence-corrected chi connectivity index (χ4v) is 4.39. The van der Waals surface area contributed by atoms with Crippen LogP contribution in [0.25, 0.3) is 0 Å². The van der Waals surface area contributed by atoms with E-state index in [0.29, 0.717) is 12.3 Å². The van der Waals surface area contributed by atoms with Gasteiger partial charge in [-0.15, -0.1) is 0 Å². The van der Waals surface area contributed by atoms with Crippen LogP contribution in [0.15, 0.2) is 42.5 Å². The number of benzene rings is 2. The second-order valence-electron chi connectivity index (χ2n) is 8.56. The number of rotatable bonds is 11. The maximum Gasteiger partial charge on any atom is 0.244 e. The lowest BCUT2D eigenvalue weighted by atomic mass is 10.1. The van der Waals surface area contributed by atoms with Crippen LogP contribution >= 0.6 is 23.2 Å². The van der Waals surface area contributed by atoms with Gasteiger partial charge in [0.15, 0.2) is 0 Å². The van der Waals surface area contributed by atoms with Crippen molar-refractivity contribution in [3.8, 4) is 5.75 Å². The second-order valence-corrected chi connectivity index (χ2v) is 11.3. The van der Waals surface area contributed by atoms with Crippen LogP contribution in [-0.2, 0) is 26.2 Å². The van der Waals surface area contributed by atoms with Crippen molar-refractivity contribution in [3.63, 3.8) is 0 Å². The number of amides is 2. The van der Waals surface area contributed by atoms with Crippen molar-refractivity contribution in [2.24, 2.45) is 5.92 Å². The van der Waals surface area contributed by atoms with Gasteiger partial charge in [-0.3, -0.25) is 13.9 Å². The minimum atomic E-state index is -3.86. The summed E-state index contributed by atoms with van der Waals surface area (Å²) in [5, 5.41) is 3.24. The van der Waals surface area contributed by atoms with E-state index < -0.39 is 28.5 Å². The molecule has 0 heterocycles. The Morgan fingerprint density at radius 3 is 2.31 bits per heavy atom. The molecule has 0 aromatic heterocycles. The molecule has 0 bridgehead atoms. The van der Waals surface area contributed by atoms with Crippen LogP contribution in [0.5, 0.6) is 5.75 Å². The van der Waals surface area contributed by atoms with Crippen molar-refractivity contribution < 1.29 is 22.7 Å². The molecule has 0 radical (unpaired) electrons. The first-order valence-electron chi connectivity index (χ1n) is 11.0. The van der Waals surface area contributed by atoms with E-state index >= 15 is 0 Å². The number of halogens is 2. The summed E-state index contributed by atoms with van der Waals surface area (Å²) in [6.07, 6.45) is 0.994. The average Bonchev–Trinajstić information content (AvgIpc) is 2.80. The molecule has 2 rings (SSSR count). The van der Waals surface area contributed by atoms with Crippen LogP contribution < -0.4 is 14.4 Å². The summed E-state index contributed by atoms with van der Waals surface area (Å²) < 4.78 is 31.4. The maximum atomic E-state index is 13.5. The average molecular weight is 545 g/mol. The van der Waals surface area contributed by atoms with E-state index in [2.05, 4.69) is 5.32 Å². The fraction of sp³-hybridized carbons (Fsp3) is 0.417. The predicted molar refractivity (Wildman–Crippen MR) is 140 cm³/mol. The summed E-state index contributed by atoms with van der Waals surface area (Å²) >= 11 is 12.1. The van der Waals surface area contributed by atoms with Gasteiger partial charge >= 0.3 is 0 Å². The largest absolute Gasteiger partial charge is 0.497 e. The molecule has 192 valence electrons. The lowest BCUT2D eigenvalue weighted by Gasteiger charge is -2.31. The van der Waals surface area contributed by atoms with Crippen molar-refractivity contribution in [1.29, 1.82) is 0 Å². The zero-order chi connectivity index (χ0) is 26.3. The second kappa shape index (κ2) is 12.5. The Labute approximate surface area is 217 Å². The first kappa shape index (κ1) is 28.7. The molecule has 1 atom stereocenters. The third kappa shape index (κ3) is 8.30. The SMILES string of the molecule is COc1cccc(CN(C(=O)CN(c2ccc(Cl)c(Cl)c2)S(C)(=O)=O)C(C)C(=O)NCC(C)C)c1. The molecule has 0 aliphatic carbocycles. The fourth-order valence-electron chi connectivity index (χ4n) is 3.26. The van der Waals surface area contributed by atoms with Crippen LogP contribution in [0, 0.1) is 5.92 Å². The molecule has 11 heteroatoms. The monoisotopic (exact) mass is 543 g/mol. The highest BCUT2D eigenvalue weighted by Gasteiger charge is 2.30. The van der Waals surface area contributed by atoms with Gasteiger partial charge in [-0.05, 0) is 48.7 Å². The zero-order valence-electron chi connectivity index (χ0n) is 20.4. The molecule has 2 amide bonds. The maximum absolute atomic E-state index is 13.5. The van der Waals surface area contributed by atoms with Gasteiger partial charge in [0.2, 0.25) is 21.8 Å². The van der Waals surface area contributed by atoms with Crippen LogP contribution in [0.3, 0.4) is 0 Å². The summed E-state index contributed by atoms with van der Waals surface area (Å²) in [6, 6.07) is 10.5. The standard InChI is InChI=1S/C24H31Cl2N3O5S/c1-16(2)13-27-24(31)17(3)28(14-18-7-6-8-20(11-18)34-4)23(30)15-29(35(5,32)33)19-9-10-21(25)22(26)12-19/h6-12,16-17H,13-15H2,1-5H3,(H,27,31). The van der Waals surface area contributed by atoms with E-state index in [1.165, 1.54) is 30.2 Å². The van der Waals surface area contributed by atoms with Crippen LogP contribution in [0.2, 0.25) is 10.0 Å². The molecule has 0 fully saturated rings. The molecule has 2 aromatic rings. The van der Waals surface area contributed by atoms with Crippen molar-refractivity contribution in [2.45, 2.75) is 33.4 Å². The minimum Gasteiger partial charge on any atom is -0.497 e. The molecular weight excluding hydrogens is 513 g/mol. The first-order chi connectivity index (χ1) is 16.3. The van der Waals surface area contributed by atoms with Crippen LogP contribution in [0.1, 0.15) is 26.3 Å². The molecule has 8 nitrogen and oxygen atoms in total. The van der Waals surface area contributed by atoms with Gasteiger partial charge in [-0.2, -0.15) is 0 Å². The molecule has 0 saturated heterocycles. The number of carbonyl (C=O) groups excluding carboxylic acids is 2. The Hall–Kier alpha value is -2.49. The van der Waals surface area contributed by atoms with E-state index in [9.17, 15) is 18.0 Å². The molecule has 0 aliphatic heterocycles. The number of methoxy groups -OCH3 is 1. The highest BCUT2D eigenvalue weighted by atomic mass is 35.5. The lowest BCUT2D eigenvalue weighted by Crippen LogP contribution is -2.51. The number of nitrogens with one attached hydrogen (secondary N) is 1. The van der Waals surface area contributed by atoms with Gasteiger partial charge in [-0.1, -0.05) is 49.2 Å². The lowest BCUT2D eigenvalue weighted by molar-refractivity contribution is -0.139. The van der Waals surface area contributed by atoms with E-state index in [0.717, 1.165) is 16.1 Å². The smallest absolute Gasteiger partial charge is 0.244 e. The van der Waals surface area contributed by atoms with E-state index in [1.807, 2.05) is 13.8 Å². The Kier molecular flexibility index (Phi) is 10.2. The van der Waals surface area contributed by atoms with Crippen molar-refractivity contribution >= 4 is 50.7 Å². The summed E-state index contributed by atoms with van der Waals surface area (Å²) in [6.45, 7) is 5.53. The topological polar surface area (TPSA) is 96.0 Å². The Bertz CT molecular complexity index is 1160. The van der Waals surface area contributed by atoms with Crippen LogP contribution in [-0.4, -0.2) is 57.6 Å². The van der Waals surface area contributed by atoms with Gasteiger partial charge in [0.05, 0.1) is 29.1 Å². The quantitative estimate of drug-likeness (QED) is 0.462. The van der Waals surface area contributed by atoms with E-state index in [4.69, 9.17) is 27.9 Å². The molecular formula is C24H31Cl2N3O5S. The predicted octanol–water partition coefficient (Wildman–Crippen LogP) is 3.96. The van der Waals surface area contributed by atoms with Gasteiger partial charge in [-0.25, -0.2) is 8.42 Å². The van der Waals surface area contributed by atoms with Gasteiger partial charge in [0.1, 0.15) is 18.3 Å². The summed E-state index contributed by atoms with van der Waals surface area (Å²) in [5.74, 6) is -0.0728. The first-order valence-corrected chi connectivity index (χ1v) is 13.6. The van der Waals surface area contributed by atoms with Gasteiger partial charge in [0.25, 0.3) is 0 Å². The molecule has 0 saturated carbocycles. The number of ether oxygens (including phenoxy) is 1. The van der Waals surface area contributed by atoms with Crippen molar-refractivity contribution in [1.82, 2.24) is 10.2 Å². The Balaban J connectivity index is 2.40. The van der Waals surface area contributed by atoms with Gasteiger partial charge < -0.3 is 15.0 Å².